The van der Waals surface area contributed by atoms with Crippen LogP contribution in [0.5, 0.6) is 0 Å². The van der Waals surface area contributed by atoms with Gasteiger partial charge in [0.15, 0.2) is 0 Å². The largest absolute Gasteiger partial charge is 0.372 e. The van der Waals surface area contributed by atoms with Crippen molar-refractivity contribution in [2.24, 2.45) is 5.92 Å². The minimum atomic E-state index is 0.0139. The number of rotatable bonds is 7. The summed E-state index contributed by atoms with van der Waals surface area (Å²) in [5, 5.41) is 4.49. The Labute approximate surface area is 138 Å². The number of ether oxygens (including phenoxy) is 1. The average molecular weight is 320 g/mol. The summed E-state index contributed by atoms with van der Waals surface area (Å²) >= 11 is 0. The number of likely N-dealkylation sites (N-methyl/N-ethyl adjacent to an activating group) is 1. The first kappa shape index (κ1) is 16.5. The second-order valence-electron chi connectivity index (χ2n) is 7.04. The maximum Gasteiger partial charge on any atom is 0.248 e. The van der Waals surface area contributed by atoms with Gasteiger partial charge in [-0.05, 0) is 31.2 Å². The van der Waals surface area contributed by atoms with E-state index in [-0.39, 0.29) is 12.5 Å². The SMILES string of the molecule is CN(C)C(=O)COCC[C@@H]1CN(CC2CCC2)Cc2ccnn21. The van der Waals surface area contributed by atoms with E-state index in [1.165, 1.54) is 31.5 Å². The summed E-state index contributed by atoms with van der Waals surface area (Å²) in [5.74, 6) is 0.902. The Hall–Kier alpha value is -1.40. The Morgan fingerprint density at radius 1 is 1.43 bits per heavy atom. The van der Waals surface area contributed by atoms with Gasteiger partial charge >= 0.3 is 0 Å². The van der Waals surface area contributed by atoms with Gasteiger partial charge in [0, 0.05) is 46.5 Å². The minimum absolute atomic E-state index is 0.0139. The molecule has 0 spiro atoms. The lowest BCUT2D eigenvalue weighted by molar-refractivity contribution is -0.133. The van der Waals surface area contributed by atoms with Crippen LogP contribution in [0, 0.1) is 5.92 Å². The summed E-state index contributed by atoms with van der Waals surface area (Å²) < 4.78 is 7.70. The van der Waals surface area contributed by atoms with Crippen LogP contribution in [0.2, 0.25) is 0 Å². The van der Waals surface area contributed by atoms with Crippen molar-refractivity contribution in [3.05, 3.63) is 18.0 Å². The van der Waals surface area contributed by atoms with Crippen molar-refractivity contribution < 1.29 is 9.53 Å². The minimum Gasteiger partial charge on any atom is -0.372 e. The van der Waals surface area contributed by atoms with Gasteiger partial charge in [-0.2, -0.15) is 5.10 Å². The van der Waals surface area contributed by atoms with E-state index in [0.717, 1.165) is 25.4 Å². The van der Waals surface area contributed by atoms with Crippen LogP contribution in [0.4, 0.5) is 0 Å². The maximum absolute atomic E-state index is 11.5. The van der Waals surface area contributed by atoms with E-state index in [2.05, 4.69) is 20.7 Å². The fourth-order valence-electron chi connectivity index (χ4n) is 3.37. The highest BCUT2D eigenvalue weighted by atomic mass is 16.5. The normalized spacial score (nSPS) is 21.7. The highest BCUT2D eigenvalue weighted by molar-refractivity contribution is 5.76. The number of fused-ring (bicyclic) bond motifs is 1. The maximum atomic E-state index is 11.5. The summed E-state index contributed by atoms with van der Waals surface area (Å²) in [7, 11) is 3.50. The summed E-state index contributed by atoms with van der Waals surface area (Å²) in [6.45, 7) is 4.02. The Bertz CT molecular complexity index is 524. The average Bonchev–Trinajstić information content (AvgIpc) is 2.95. The van der Waals surface area contributed by atoms with Crippen LogP contribution in [-0.2, 0) is 16.1 Å². The topological polar surface area (TPSA) is 50.6 Å². The molecule has 23 heavy (non-hydrogen) atoms. The summed E-state index contributed by atoms with van der Waals surface area (Å²) in [4.78, 5) is 15.7. The Morgan fingerprint density at radius 3 is 2.96 bits per heavy atom. The summed E-state index contributed by atoms with van der Waals surface area (Å²) in [5.41, 5.74) is 1.30. The zero-order valence-electron chi connectivity index (χ0n) is 14.3. The number of aromatic nitrogens is 2. The van der Waals surface area contributed by atoms with Gasteiger partial charge in [0.25, 0.3) is 0 Å². The predicted molar refractivity (Wildman–Crippen MR) is 88.0 cm³/mol. The zero-order chi connectivity index (χ0) is 16.2. The van der Waals surface area contributed by atoms with Gasteiger partial charge in [0.1, 0.15) is 6.61 Å². The molecule has 1 saturated carbocycles. The number of hydrogen-bond donors (Lipinski definition) is 0. The molecule has 1 amide bonds. The second-order valence-corrected chi connectivity index (χ2v) is 7.04. The van der Waals surface area contributed by atoms with Gasteiger partial charge in [-0.1, -0.05) is 6.42 Å². The van der Waals surface area contributed by atoms with E-state index in [0.29, 0.717) is 12.6 Å². The van der Waals surface area contributed by atoms with E-state index in [1.54, 1.807) is 19.0 Å². The molecule has 6 heteroatoms. The first-order chi connectivity index (χ1) is 11.1. The molecule has 0 bridgehead atoms. The van der Waals surface area contributed by atoms with Gasteiger partial charge in [-0.3, -0.25) is 14.4 Å². The molecule has 0 aromatic carbocycles. The predicted octanol–water partition coefficient (Wildman–Crippen LogP) is 1.53. The lowest BCUT2D eigenvalue weighted by atomic mass is 9.85. The number of amides is 1. The van der Waals surface area contributed by atoms with Crippen molar-refractivity contribution in [1.82, 2.24) is 19.6 Å². The smallest absolute Gasteiger partial charge is 0.248 e. The third-order valence-electron chi connectivity index (χ3n) is 5.01. The first-order valence-electron chi connectivity index (χ1n) is 8.66. The molecule has 2 heterocycles. The van der Waals surface area contributed by atoms with Crippen molar-refractivity contribution in [3.63, 3.8) is 0 Å². The van der Waals surface area contributed by atoms with Crippen LogP contribution >= 0.6 is 0 Å². The highest BCUT2D eigenvalue weighted by Crippen LogP contribution is 2.30. The third kappa shape index (κ3) is 4.12. The van der Waals surface area contributed by atoms with Gasteiger partial charge in [-0.15, -0.1) is 0 Å². The van der Waals surface area contributed by atoms with Crippen molar-refractivity contribution in [1.29, 1.82) is 0 Å². The lowest BCUT2D eigenvalue weighted by Crippen LogP contribution is -2.41. The molecule has 0 N–H and O–H groups in total. The molecule has 1 fully saturated rings. The molecular weight excluding hydrogens is 292 g/mol. The molecule has 1 aliphatic heterocycles. The van der Waals surface area contributed by atoms with Crippen LogP contribution in [0.25, 0.3) is 0 Å². The van der Waals surface area contributed by atoms with Crippen LogP contribution in [0.15, 0.2) is 12.3 Å². The molecule has 1 aromatic heterocycles. The van der Waals surface area contributed by atoms with Gasteiger partial charge < -0.3 is 9.64 Å². The molecule has 1 aliphatic carbocycles. The van der Waals surface area contributed by atoms with Crippen molar-refractivity contribution in [3.8, 4) is 0 Å². The fraction of sp³-hybridized carbons (Fsp3) is 0.765. The molecular formula is C17H28N4O2. The number of hydrogen-bond acceptors (Lipinski definition) is 4. The van der Waals surface area contributed by atoms with Crippen LogP contribution in [0.3, 0.4) is 0 Å². The molecule has 128 valence electrons. The standard InChI is InChI=1S/C17H28N4O2/c1-19(2)17(22)13-23-9-7-16-12-20(10-14-4-3-5-14)11-15-6-8-18-21(15)16/h6,8,14,16H,3-5,7,9-13H2,1-2H3/t16-/m1/s1. The van der Waals surface area contributed by atoms with Crippen molar-refractivity contribution >= 4 is 5.91 Å². The molecule has 0 radical (unpaired) electrons. The quantitative estimate of drug-likeness (QED) is 0.715. The highest BCUT2D eigenvalue weighted by Gasteiger charge is 2.28. The number of carbonyl (C=O) groups excluding carboxylic acids is 1. The molecule has 0 saturated heterocycles. The summed E-state index contributed by atoms with van der Waals surface area (Å²) in [6, 6.07) is 2.47. The third-order valence-corrected chi connectivity index (χ3v) is 5.01. The molecule has 3 rings (SSSR count). The van der Waals surface area contributed by atoms with E-state index in [9.17, 15) is 4.79 Å². The van der Waals surface area contributed by atoms with Crippen LogP contribution < -0.4 is 0 Å². The number of nitrogens with zero attached hydrogens (tertiary/aromatic N) is 4. The Morgan fingerprint density at radius 2 is 2.26 bits per heavy atom. The van der Waals surface area contributed by atoms with E-state index < -0.39 is 0 Å². The first-order valence-corrected chi connectivity index (χ1v) is 8.66. The van der Waals surface area contributed by atoms with Crippen molar-refractivity contribution in [2.45, 2.75) is 38.3 Å². The lowest BCUT2D eigenvalue weighted by Gasteiger charge is -2.38. The number of carbonyl (C=O) groups is 1. The molecule has 0 unspecified atom stereocenters. The summed E-state index contributed by atoms with van der Waals surface area (Å²) in [6.07, 6.45) is 6.96. The zero-order valence-corrected chi connectivity index (χ0v) is 14.3. The monoisotopic (exact) mass is 320 g/mol. The Balaban J connectivity index is 1.50. The molecule has 1 aromatic rings. The van der Waals surface area contributed by atoms with Crippen LogP contribution in [-0.4, -0.2) is 65.9 Å². The molecule has 2 aliphatic rings. The van der Waals surface area contributed by atoms with E-state index in [1.807, 2.05) is 6.20 Å². The molecule has 1 atom stereocenters. The Kier molecular flexibility index (Phi) is 5.33. The van der Waals surface area contributed by atoms with Gasteiger partial charge in [0.05, 0.1) is 11.7 Å². The fourth-order valence-corrected chi connectivity index (χ4v) is 3.37. The van der Waals surface area contributed by atoms with Crippen LogP contribution in [0.1, 0.15) is 37.4 Å². The molecule has 6 nitrogen and oxygen atoms in total. The van der Waals surface area contributed by atoms with Gasteiger partial charge in [0.2, 0.25) is 5.91 Å². The second kappa shape index (κ2) is 7.45. The van der Waals surface area contributed by atoms with E-state index in [4.69, 9.17) is 4.74 Å². The van der Waals surface area contributed by atoms with Crippen molar-refractivity contribution in [2.75, 3.05) is 40.4 Å². The van der Waals surface area contributed by atoms with E-state index >= 15 is 0 Å². The van der Waals surface area contributed by atoms with Gasteiger partial charge in [-0.25, -0.2) is 0 Å².